The van der Waals surface area contributed by atoms with E-state index in [1.807, 2.05) is 60.7 Å². The number of carbonyl (C=O) groups is 1. The second-order valence-electron chi connectivity index (χ2n) is 8.23. The van der Waals surface area contributed by atoms with Gasteiger partial charge < -0.3 is 4.90 Å². The summed E-state index contributed by atoms with van der Waals surface area (Å²) < 4.78 is 0. The Morgan fingerprint density at radius 1 is 0.735 bits per heavy atom. The SMILES string of the molecule is O=C(CN1CCN(c2nnc(-c3ccccc3)c(-c3ccccc3)n2)CC1)c1ccc(Cl)cc1. The topological polar surface area (TPSA) is 62.2 Å². The number of hydrogen-bond acceptors (Lipinski definition) is 6. The molecule has 7 heteroatoms. The molecule has 4 aromatic rings. The summed E-state index contributed by atoms with van der Waals surface area (Å²) in [7, 11) is 0. The number of nitrogens with zero attached hydrogens (tertiary/aromatic N) is 5. The van der Waals surface area contributed by atoms with Crippen LogP contribution in [-0.4, -0.2) is 58.6 Å². The standard InChI is InChI=1S/C27H24ClN5O/c28-23-13-11-20(12-14-23)24(34)19-32-15-17-33(18-16-32)27-29-25(21-7-3-1-4-8-21)26(30-31-27)22-9-5-2-6-10-22/h1-14H,15-19H2. The van der Waals surface area contributed by atoms with Gasteiger partial charge in [-0.2, -0.15) is 0 Å². The Morgan fingerprint density at radius 3 is 1.94 bits per heavy atom. The van der Waals surface area contributed by atoms with Crippen molar-refractivity contribution >= 4 is 23.3 Å². The number of Topliss-reactive ketones (excluding diaryl/α,β-unsaturated/α-hetero) is 1. The van der Waals surface area contributed by atoms with E-state index in [4.69, 9.17) is 16.6 Å². The van der Waals surface area contributed by atoms with Gasteiger partial charge in [-0.25, -0.2) is 4.98 Å². The van der Waals surface area contributed by atoms with Gasteiger partial charge in [0, 0.05) is 47.9 Å². The van der Waals surface area contributed by atoms with Gasteiger partial charge in [-0.3, -0.25) is 9.69 Å². The molecule has 0 radical (unpaired) electrons. The summed E-state index contributed by atoms with van der Waals surface area (Å²) in [5.74, 6) is 0.712. The molecule has 0 amide bonds. The van der Waals surface area contributed by atoms with Crippen molar-refractivity contribution in [1.29, 1.82) is 0 Å². The molecule has 0 spiro atoms. The average Bonchev–Trinajstić information content (AvgIpc) is 2.90. The molecule has 2 heterocycles. The lowest BCUT2D eigenvalue weighted by Crippen LogP contribution is -2.48. The van der Waals surface area contributed by atoms with Gasteiger partial charge in [0.2, 0.25) is 5.95 Å². The van der Waals surface area contributed by atoms with Gasteiger partial charge in [0.25, 0.3) is 0 Å². The van der Waals surface area contributed by atoms with Crippen LogP contribution in [0, 0.1) is 0 Å². The van der Waals surface area contributed by atoms with Gasteiger partial charge in [-0.1, -0.05) is 72.3 Å². The minimum absolute atomic E-state index is 0.0987. The molecule has 0 saturated carbocycles. The number of ketones is 1. The average molecular weight is 470 g/mol. The fourth-order valence-electron chi connectivity index (χ4n) is 4.08. The molecule has 34 heavy (non-hydrogen) atoms. The largest absolute Gasteiger partial charge is 0.337 e. The van der Waals surface area contributed by atoms with Gasteiger partial charge in [-0.15, -0.1) is 10.2 Å². The molecule has 1 aliphatic heterocycles. The normalized spacial score (nSPS) is 14.2. The minimum atomic E-state index is 0.0987. The fraction of sp³-hybridized carbons (Fsp3) is 0.185. The molecule has 0 unspecified atom stereocenters. The first kappa shape index (κ1) is 22.2. The lowest BCUT2D eigenvalue weighted by molar-refractivity contribution is 0.0926. The van der Waals surface area contributed by atoms with Crippen LogP contribution in [0.15, 0.2) is 84.9 Å². The second kappa shape index (κ2) is 10.1. The van der Waals surface area contributed by atoms with Crippen LogP contribution in [-0.2, 0) is 0 Å². The molecule has 1 aliphatic rings. The molecule has 0 bridgehead atoms. The number of carbonyl (C=O) groups excluding carboxylic acids is 1. The van der Waals surface area contributed by atoms with Crippen molar-refractivity contribution in [2.45, 2.75) is 0 Å². The number of hydrogen-bond donors (Lipinski definition) is 0. The fourth-order valence-corrected chi connectivity index (χ4v) is 4.20. The molecule has 6 nitrogen and oxygen atoms in total. The Morgan fingerprint density at radius 2 is 1.32 bits per heavy atom. The Labute approximate surface area is 203 Å². The first-order valence-corrected chi connectivity index (χ1v) is 11.7. The summed E-state index contributed by atoms with van der Waals surface area (Å²) in [6.07, 6.45) is 0. The maximum atomic E-state index is 12.6. The molecular weight excluding hydrogens is 446 g/mol. The van der Waals surface area contributed by atoms with E-state index in [2.05, 4.69) is 20.0 Å². The van der Waals surface area contributed by atoms with Crippen LogP contribution in [0.3, 0.4) is 0 Å². The van der Waals surface area contributed by atoms with Gasteiger partial charge in [0.1, 0.15) is 11.4 Å². The molecule has 170 valence electrons. The van der Waals surface area contributed by atoms with E-state index in [9.17, 15) is 4.79 Å². The van der Waals surface area contributed by atoms with Gasteiger partial charge >= 0.3 is 0 Å². The molecule has 0 atom stereocenters. The van der Waals surface area contributed by atoms with E-state index in [1.165, 1.54) is 0 Å². The van der Waals surface area contributed by atoms with E-state index < -0.39 is 0 Å². The van der Waals surface area contributed by atoms with Crippen molar-refractivity contribution in [3.63, 3.8) is 0 Å². The van der Waals surface area contributed by atoms with E-state index in [0.717, 1.165) is 48.7 Å². The van der Waals surface area contributed by atoms with Crippen molar-refractivity contribution in [2.24, 2.45) is 0 Å². The molecule has 0 N–H and O–H groups in total. The highest BCUT2D eigenvalue weighted by Crippen LogP contribution is 2.29. The summed E-state index contributed by atoms with van der Waals surface area (Å²) >= 11 is 5.93. The maximum Gasteiger partial charge on any atom is 0.246 e. The van der Waals surface area contributed by atoms with E-state index in [0.29, 0.717) is 23.1 Å². The molecule has 5 rings (SSSR count). The quantitative estimate of drug-likeness (QED) is 0.376. The molecule has 1 saturated heterocycles. The predicted molar refractivity (Wildman–Crippen MR) is 135 cm³/mol. The Bertz CT molecular complexity index is 1260. The van der Waals surface area contributed by atoms with Crippen LogP contribution >= 0.6 is 11.6 Å². The molecule has 3 aromatic carbocycles. The Kier molecular flexibility index (Phi) is 6.60. The van der Waals surface area contributed by atoms with Gasteiger partial charge in [0.15, 0.2) is 5.78 Å². The third-order valence-corrected chi connectivity index (χ3v) is 6.21. The molecule has 0 aliphatic carbocycles. The smallest absolute Gasteiger partial charge is 0.246 e. The van der Waals surface area contributed by atoms with Crippen LogP contribution in [0.25, 0.3) is 22.5 Å². The number of piperazine rings is 1. The summed E-state index contributed by atoms with van der Waals surface area (Å²) in [6, 6.07) is 27.1. The highest BCUT2D eigenvalue weighted by molar-refractivity contribution is 6.30. The second-order valence-corrected chi connectivity index (χ2v) is 8.67. The lowest BCUT2D eigenvalue weighted by Gasteiger charge is -2.34. The summed E-state index contributed by atoms with van der Waals surface area (Å²) in [5.41, 5.74) is 4.26. The van der Waals surface area contributed by atoms with Gasteiger partial charge in [0.05, 0.1) is 6.54 Å². The lowest BCUT2D eigenvalue weighted by atomic mass is 10.0. The first-order chi connectivity index (χ1) is 16.7. The zero-order chi connectivity index (χ0) is 23.3. The predicted octanol–water partition coefficient (Wildman–Crippen LogP) is 4.86. The zero-order valence-corrected chi connectivity index (χ0v) is 19.4. The maximum absolute atomic E-state index is 12.6. The summed E-state index contributed by atoms with van der Waals surface area (Å²) in [4.78, 5) is 21.9. The van der Waals surface area contributed by atoms with Crippen molar-refractivity contribution in [2.75, 3.05) is 37.6 Å². The van der Waals surface area contributed by atoms with Gasteiger partial charge in [-0.05, 0) is 24.3 Å². The highest BCUT2D eigenvalue weighted by atomic mass is 35.5. The van der Waals surface area contributed by atoms with Crippen LogP contribution < -0.4 is 4.90 Å². The number of benzene rings is 3. The van der Waals surface area contributed by atoms with Crippen LogP contribution in [0.2, 0.25) is 5.02 Å². The van der Waals surface area contributed by atoms with Crippen molar-refractivity contribution in [1.82, 2.24) is 20.1 Å². The molecule has 1 aromatic heterocycles. The molecular formula is C27H24ClN5O. The minimum Gasteiger partial charge on any atom is -0.337 e. The number of anilines is 1. The summed E-state index contributed by atoms with van der Waals surface area (Å²) in [6.45, 7) is 3.35. The van der Waals surface area contributed by atoms with Crippen LogP contribution in [0.5, 0.6) is 0 Å². The van der Waals surface area contributed by atoms with E-state index >= 15 is 0 Å². The van der Waals surface area contributed by atoms with Crippen molar-refractivity contribution in [3.05, 3.63) is 95.5 Å². The van der Waals surface area contributed by atoms with E-state index in [-0.39, 0.29) is 5.78 Å². The van der Waals surface area contributed by atoms with E-state index in [1.54, 1.807) is 24.3 Å². The first-order valence-electron chi connectivity index (χ1n) is 11.3. The van der Waals surface area contributed by atoms with Crippen LogP contribution in [0.1, 0.15) is 10.4 Å². The number of aromatic nitrogens is 3. The van der Waals surface area contributed by atoms with Crippen molar-refractivity contribution < 1.29 is 4.79 Å². The highest BCUT2D eigenvalue weighted by Gasteiger charge is 2.23. The number of rotatable bonds is 6. The third-order valence-electron chi connectivity index (χ3n) is 5.96. The Balaban J connectivity index is 1.32. The molecule has 1 fully saturated rings. The number of halogens is 1. The summed E-state index contributed by atoms with van der Waals surface area (Å²) in [5, 5.41) is 9.69. The monoisotopic (exact) mass is 469 g/mol. The van der Waals surface area contributed by atoms with Crippen LogP contribution in [0.4, 0.5) is 5.95 Å². The third kappa shape index (κ3) is 4.98. The van der Waals surface area contributed by atoms with Crippen molar-refractivity contribution in [3.8, 4) is 22.5 Å². The Hall–Kier alpha value is -3.61. The zero-order valence-electron chi connectivity index (χ0n) is 18.6.